The molecule has 1 aliphatic rings. The van der Waals surface area contributed by atoms with Crippen molar-refractivity contribution < 1.29 is 4.92 Å². The van der Waals surface area contributed by atoms with Gasteiger partial charge in [-0.25, -0.2) is 0 Å². The van der Waals surface area contributed by atoms with Gasteiger partial charge in [0.25, 0.3) is 0 Å². The van der Waals surface area contributed by atoms with Crippen molar-refractivity contribution in [2.75, 3.05) is 18.0 Å². The van der Waals surface area contributed by atoms with Gasteiger partial charge in [-0.1, -0.05) is 44.4 Å². The highest BCUT2D eigenvalue weighted by Gasteiger charge is 2.33. The van der Waals surface area contributed by atoms with Crippen LogP contribution in [0.5, 0.6) is 0 Å². The van der Waals surface area contributed by atoms with Crippen LogP contribution in [0.1, 0.15) is 39.5 Å². The Morgan fingerprint density at radius 2 is 1.90 bits per heavy atom. The van der Waals surface area contributed by atoms with Crippen LogP contribution in [0.15, 0.2) is 18.2 Å². The number of piperidine rings is 1. The molecule has 0 unspecified atom stereocenters. The first-order valence-corrected chi connectivity index (χ1v) is 7.58. The van der Waals surface area contributed by atoms with E-state index < -0.39 is 0 Å². The van der Waals surface area contributed by atoms with Gasteiger partial charge in [-0.05, 0) is 30.4 Å². The average Bonchev–Trinajstić information content (AvgIpc) is 2.46. The van der Waals surface area contributed by atoms with Gasteiger partial charge in [0.15, 0.2) is 0 Å². The molecule has 1 fully saturated rings. The van der Waals surface area contributed by atoms with Crippen LogP contribution in [-0.2, 0) is 0 Å². The molecule has 0 aliphatic carbocycles. The Morgan fingerprint density at radius 3 is 2.40 bits per heavy atom. The van der Waals surface area contributed by atoms with Crippen LogP contribution in [0.3, 0.4) is 0 Å². The van der Waals surface area contributed by atoms with Gasteiger partial charge >= 0.3 is 5.69 Å². The topological polar surface area (TPSA) is 46.4 Å². The number of nitro benzene ring substituents is 1. The van der Waals surface area contributed by atoms with E-state index in [1.54, 1.807) is 18.2 Å². The van der Waals surface area contributed by atoms with E-state index >= 15 is 0 Å². The van der Waals surface area contributed by atoms with Crippen LogP contribution < -0.4 is 4.90 Å². The number of benzene rings is 1. The molecular weight excluding hydrogens is 276 g/mol. The summed E-state index contributed by atoms with van der Waals surface area (Å²) in [4.78, 5) is 12.9. The molecule has 4 nitrogen and oxygen atoms in total. The van der Waals surface area contributed by atoms with Gasteiger partial charge in [0.05, 0.1) is 4.92 Å². The van der Waals surface area contributed by atoms with Gasteiger partial charge < -0.3 is 4.90 Å². The van der Waals surface area contributed by atoms with E-state index in [0.29, 0.717) is 11.1 Å². The van der Waals surface area contributed by atoms with Crippen LogP contribution in [0.25, 0.3) is 0 Å². The predicted molar refractivity (Wildman–Crippen MR) is 82.6 cm³/mol. The monoisotopic (exact) mass is 296 g/mol. The standard InChI is InChI=1S/C15H21ClN2O2/c1-3-15(4-2)8-10-17(11-9-15)13-7-5-6-12(16)14(13)18(19)20/h5-7H,3-4,8-11H2,1-2H3. The molecule has 0 amide bonds. The Balaban J connectivity index is 2.23. The largest absolute Gasteiger partial charge is 0.366 e. The highest BCUT2D eigenvalue weighted by Crippen LogP contribution is 2.42. The Kier molecular flexibility index (Phi) is 4.53. The van der Waals surface area contributed by atoms with Crippen molar-refractivity contribution in [2.24, 2.45) is 5.41 Å². The van der Waals surface area contributed by atoms with E-state index in [0.717, 1.165) is 25.9 Å². The fourth-order valence-corrected chi connectivity index (χ4v) is 3.36. The SMILES string of the molecule is CCC1(CC)CCN(c2cccc(Cl)c2[N+](=O)[O-])CC1. The minimum absolute atomic E-state index is 0.0367. The lowest BCUT2D eigenvalue weighted by Gasteiger charge is -2.41. The zero-order valence-electron chi connectivity index (χ0n) is 12.1. The van der Waals surface area contributed by atoms with Crippen LogP contribution in [0, 0.1) is 15.5 Å². The van der Waals surface area contributed by atoms with Crippen molar-refractivity contribution in [2.45, 2.75) is 39.5 Å². The highest BCUT2D eigenvalue weighted by atomic mass is 35.5. The predicted octanol–water partition coefficient (Wildman–Crippen LogP) is 4.65. The third-order valence-corrected chi connectivity index (χ3v) is 5.12. The minimum atomic E-state index is -0.376. The molecule has 1 aromatic rings. The van der Waals surface area contributed by atoms with Crippen LogP contribution >= 0.6 is 11.6 Å². The highest BCUT2D eigenvalue weighted by molar-refractivity contribution is 6.33. The molecule has 0 saturated carbocycles. The summed E-state index contributed by atoms with van der Waals surface area (Å²) in [6, 6.07) is 5.16. The average molecular weight is 297 g/mol. The Labute approximate surface area is 124 Å². The number of anilines is 1. The molecule has 0 bridgehead atoms. The smallest absolute Gasteiger partial charge is 0.310 e. The maximum absolute atomic E-state index is 11.2. The summed E-state index contributed by atoms with van der Waals surface area (Å²) in [5, 5.41) is 11.4. The summed E-state index contributed by atoms with van der Waals surface area (Å²) in [6.45, 7) is 6.20. The molecule has 1 aromatic carbocycles. The molecule has 1 saturated heterocycles. The normalized spacial score (nSPS) is 18.1. The quantitative estimate of drug-likeness (QED) is 0.600. The number of halogens is 1. The zero-order chi connectivity index (χ0) is 14.8. The van der Waals surface area contributed by atoms with Crippen molar-refractivity contribution in [3.63, 3.8) is 0 Å². The molecule has 1 heterocycles. The Bertz CT molecular complexity index is 491. The second kappa shape index (κ2) is 6.00. The van der Waals surface area contributed by atoms with Crippen molar-refractivity contribution in [3.05, 3.63) is 33.3 Å². The van der Waals surface area contributed by atoms with Gasteiger partial charge in [0.1, 0.15) is 10.7 Å². The van der Waals surface area contributed by atoms with Gasteiger partial charge in [0, 0.05) is 13.1 Å². The van der Waals surface area contributed by atoms with Crippen molar-refractivity contribution in [1.29, 1.82) is 0 Å². The lowest BCUT2D eigenvalue weighted by atomic mass is 9.74. The van der Waals surface area contributed by atoms with Gasteiger partial charge in [-0.2, -0.15) is 0 Å². The van der Waals surface area contributed by atoms with Gasteiger partial charge in [0.2, 0.25) is 0 Å². The molecule has 0 N–H and O–H groups in total. The molecule has 5 heteroatoms. The summed E-state index contributed by atoms with van der Waals surface area (Å²) >= 11 is 5.99. The lowest BCUT2D eigenvalue weighted by molar-refractivity contribution is -0.384. The molecule has 0 aromatic heterocycles. The summed E-state index contributed by atoms with van der Waals surface area (Å²) in [6.07, 6.45) is 4.53. The molecule has 0 radical (unpaired) electrons. The van der Waals surface area contributed by atoms with Gasteiger partial charge in [-0.15, -0.1) is 0 Å². The Hall–Kier alpha value is -1.29. The molecule has 1 aliphatic heterocycles. The third kappa shape index (κ3) is 2.75. The van der Waals surface area contributed by atoms with Crippen LogP contribution in [0.4, 0.5) is 11.4 Å². The fourth-order valence-electron chi connectivity index (χ4n) is 3.12. The minimum Gasteiger partial charge on any atom is -0.366 e. The summed E-state index contributed by atoms with van der Waals surface area (Å²) in [7, 11) is 0. The summed E-state index contributed by atoms with van der Waals surface area (Å²) in [5.41, 5.74) is 1.10. The number of nitrogens with zero attached hydrogens (tertiary/aromatic N) is 2. The summed E-state index contributed by atoms with van der Waals surface area (Å²) < 4.78 is 0. The first kappa shape index (κ1) is 15.1. The van der Waals surface area contributed by atoms with E-state index in [4.69, 9.17) is 11.6 Å². The second-order valence-corrected chi connectivity index (χ2v) is 5.97. The number of nitro groups is 1. The molecule has 2 rings (SSSR count). The summed E-state index contributed by atoms with van der Waals surface area (Å²) in [5.74, 6) is 0. The molecule has 110 valence electrons. The first-order chi connectivity index (χ1) is 9.53. The van der Waals surface area contributed by atoms with E-state index in [1.165, 1.54) is 12.8 Å². The maximum atomic E-state index is 11.2. The number of rotatable bonds is 4. The van der Waals surface area contributed by atoms with Crippen LogP contribution in [-0.4, -0.2) is 18.0 Å². The van der Waals surface area contributed by atoms with E-state index in [1.807, 2.05) is 0 Å². The van der Waals surface area contributed by atoms with Crippen LogP contribution in [0.2, 0.25) is 5.02 Å². The van der Waals surface area contributed by atoms with Gasteiger partial charge in [-0.3, -0.25) is 10.1 Å². The molecule has 20 heavy (non-hydrogen) atoms. The van der Waals surface area contributed by atoms with Crippen molar-refractivity contribution in [1.82, 2.24) is 0 Å². The molecular formula is C15H21ClN2O2. The zero-order valence-corrected chi connectivity index (χ0v) is 12.8. The Morgan fingerprint density at radius 1 is 1.30 bits per heavy atom. The van der Waals surface area contributed by atoms with Crippen molar-refractivity contribution in [3.8, 4) is 0 Å². The molecule has 0 spiro atoms. The number of hydrogen-bond acceptors (Lipinski definition) is 3. The number of hydrogen-bond donors (Lipinski definition) is 0. The maximum Gasteiger partial charge on any atom is 0.310 e. The van der Waals surface area contributed by atoms with E-state index in [-0.39, 0.29) is 15.6 Å². The lowest BCUT2D eigenvalue weighted by Crippen LogP contribution is -2.39. The van der Waals surface area contributed by atoms with E-state index in [9.17, 15) is 10.1 Å². The van der Waals surface area contributed by atoms with E-state index in [2.05, 4.69) is 18.7 Å². The first-order valence-electron chi connectivity index (χ1n) is 7.21. The number of para-hydroxylation sites is 1. The second-order valence-electron chi connectivity index (χ2n) is 5.56. The van der Waals surface area contributed by atoms with Crippen molar-refractivity contribution >= 4 is 23.0 Å². The molecule has 0 atom stereocenters. The fraction of sp³-hybridized carbons (Fsp3) is 0.600. The third-order valence-electron chi connectivity index (χ3n) is 4.81.